The predicted molar refractivity (Wildman–Crippen MR) is 65.4 cm³/mol. The van der Waals surface area contributed by atoms with Crippen molar-refractivity contribution in [2.45, 2.75) is 32.9 Å². The summed E-state index contributed by atoms with van der Waals surface area (Å²) in [4.78, 5) is 0. The maximum absolute atomic E-state index is 13.2. The first-order chi connectivity index (χ1) is 7.66. The molecule has 16 heavy (non-hydrogen) atoms. The molecule has 2 rings (SSSR count). The van der Waals surface area contributed by atoms with Crippen molar-refractivity contribution < 1.29 is 4.39 Å². The molecule has 1 N–H and O–H groups in total. The van der Waals surface area contributed by atoms with Crippen molar-refractivity contribution in [3.63, 3.8) is 0 Å². The second kappa shape index (κ2) is 4.96. The van der Waals surface area contributed by atoms with Gasteiger partial charge >= 0.3 is 0 Å². The fourth-order valence-corrected chi connectivity index (χ4v) is 2.36. The van der Waals surface area contributed by atoms with Crippen LogP contribution in [0.25, 0.3) is 0 Å². The highest BCUT2D eigenvalue weighted by Crippen LogP contribution is 2.23. The zero-order valence-electron chi connectivity index (χ0n) is 10.1. The maximum Gasteiger partial charge on any atom is 0.122 e. The Morgan fingerprint density at radius 3 is 2.94 bits per heavy atom. The summed E-state index contributed by atoms with van der Waals surface area (Å²) in [5.74, 6) is 0.726. The molecule has 0 bridgehead atoms. The lowest BCUT2D eigenvalue weighted by Gasteiger charge is -2.13. The number of alkyl halides is 1. The van der Waals surface area contributed by atoms with Gasteiger partial charge in [0.1, 0.15) is 6.17 Å². The van der Waals surface area contributed by atoms with Crippen LogP contribution in [0.4, 0.5) is 4.39 Å². The molecule has 0 amide bonds. The highest BCUT2D eigenvalue weighted by molar-refractivity contribution is 5.32. The van der Waals surface area contributed by atoms with Crippen LogP contribution in [-0.4, -0.2) is 13.1 Å². The molecule has 1 fully saturated rings. The van der Waals surface area contributed by atoms with Crippen LogP contribution in [0.5, 0.6) is 0 Å². The number of rotatable bonds is 3. The SMILES string of the molecule is Cc1ccc(C(C)F)cc1CC1CCNC1. The third-order valence-corrected chi connectivity index (χ3v) is 3.50. The Balaban J connectivity index is 2.14. The summed E-state index contributed by atoms with van der Waals surface area (Å²) in [6, 6.07) is 5.98. The van der Waals surface area contributed by atoms with E-state index in [1.54, 1.807) is 6.92 Å². The van der Waals surface area contributed by atoms with Gasteiger partial charge in [-0.25, -0.2) is 4.39 Å². The van der Waals surface area contributed by atoms with Crippen LogP contribution >= 0.6 is 0 Å². The Bertz CT molecular complexity index is 354. The highest BCUT2D eigenvalue weighted by Gasteiger charge is 2.16. The molecule has 2 atom stereocenters. The maximum atomic E-state index is 13.2. The van der Waals surface area contributed by atoms with Crippen molar-refractivity contribution in [1.82, 2.24) is 5.32 Å². The summed E-state index contributed by atoms with van der Waals surface area (Å²) >= 11 is 0. The molecular formula is C14H20FN. The number of aryl methyl sites for hydroxylation is 1. The molecule has 1 aromatic rings. The minimum atomic E-state index is -0.860. The second-order valence-corrected chi connectivity index (χ2v) is 4.86. The molecule has 88 valence electrons. The lowest BCUT2D eigenvalue weighted by Crippen LogP contribution is -2.11. The van der Waals surface area contributed by atoms with Crippen LogP contribution in [0.3, 0.4) is 0 Å². The molecule has 2 heteroatoms. The fourth-order valence-electron chi connectivity index (χ4n) is 2.36. The molecule has 0 aromatic heterocycles. The molecule has 1 saturated heterocycles. The van der Waals surface area contributed by atoms with Gasteiger partial charge in [-0.2, -0.15) is 0 Å². The van der Waals surface area contributed by atoms with Crippen molar-refractivity contribution in [2.75, 3.05) is 13.1 Å². The molecule has 1 nitrogen and oxygen atoms in total. The first kappa shape index (κ1) is 11.6. The Hall–Kier alpha value is -0.890. The van der Waals surface area contributed by atoms with Crippen molar-refractivity contribution >= 4 is 0 Å². The number of nitrogens with one attached hydrogen (secondary N) is 1. The van der Waals surface area contributed by atoms with Gasteiger partial charge in [0.15, 0.2) is 0 Å². The summed E-state index contributed by atoms with van der Waals surface area (Å²) in [7, 11) is 0. The molecule has 0 aliphatic carbocycles. The summed E-state index contributed by atoms with van der Waals surface area (Å²) in [6.45, 7) is 5.95. The molecule has 0 radical (unpaired) electrons. The van der Waals surface area contributed by atoms with Crippen molar-refractivity contribution in [2.24, 2.45) is 5.92 Å². The molecule has 0 saturated carbocycles. The van der Waals surface area contributed by atoms with Gasteiger partial charge < -0.3 is 5.32 Å². The van der Waals surface area contributed by atoms with Crippen molar-refractivity contribution in [3.05, 3.63) is 34.9 Å². The van der Waals surface area contributed by atoms with Crippen LogP contribution in [-0.2, 0) is 6.42 Å². The van der Waals surface area contributed by atoms with Crippen molar-refractivity contribution in [3.8, 4) is 0 Å². The van der Waals surface area contributed by atoms with Gasteiger partial charge in [-0.05, 0) is 62.4 Å². The molecular weight excluding hydrogens is 201 g/mol. The Kier molecular flexibility index (Phi) is 3.59. The van der Waals surface area contributed by atoms with E-state index >= 15 is 0 Å². The summed E-state index contributed by atoms with van der Waals surface area (Å²) in [6.07, 6.45) is 1.47. The van der Waals surface area contributed by atoms with Gasteiger partial charge in [0.2, 0.25) is 0 Å². The van der Waals surface area contributed by atoms with E-state index in [4.69, 9.17) is 0 Å². The lowest BCUT2D eigenvalue weighted by atomic mass is 9.93. The number of hydrogen-bond acceptors (Lipinski definition) is 1. The van der Waals surface area contributed by atoms with Gasteiger partial charge in [-0.15, -0.1) is 0 Å². The largest absolute Gasteiger partial charge is 0.316 e. The zero-order chi connectivity index (χ0) is 11.5. The molecule has 1 aliphatic rings. The van der Waals surface area contributed by atoms with E-state index in [2.05, 4.69) is 12.2 Å². The van der Waals surface area contributed by atoms with Crippen LogP contribution < -0.4 is 5.32 Å². The topological polar surface area (TPSA) is 12.0 Å². The minimum Gasteiger partial charge on any atom is -0.316 e. The predicted octanol–water partition coefficient (Wildman–Crippen LogP) is 3.18. The average molecular weight is 221 g/mol. The van der Waals surface area contributed by atoms with Gasteiger partial charge in [0.25, 0.3) is 0 Å². The monoisotopic (exact) mass is 221 g/mol. The second-order valence-electron chi connectivity index (χ2n) is 4.86. The van der Waals surface area contributed by atoms with Crippen LogP contribution in [0.1, 0.15) is 36.2 Å². The smallest absolute Gasteiger partial charge is 0.122 e. The van der Waals surface area contributed by atoms with Gasteiger partial charge in [0, 0.05) is 0 Å². The summed E-state index contributed by atoms with van der Waals surface area (Å²) < 4.78 is 13.2. The quantitative estimate of drug-likeness (QED) is 0.826. The molecule has 1 heterocycles. The zero-order valence-corrected chi connectivity index (χ0v) is 10.1. The Labute approximate surface area is 97.1 Å². The third-order valence-electron chi connectivity index (χ3n) is 3.50. The van der Waals surface area contributed by atoms with E-state index < -0.39 is 6.17 Å². The lowest BCUT2D eigenvalue weighted by molar-refractivity contribution is 0.374. The third kappa shape index (κ3) is 2.62. The van der Waals surface area contributed by atoms with Crippen LogP contribution in [0, 0.1) is 12.8 Å². The van der Waals surface area contributed by atoms with E-state index in [9.17, 15) is 4.39 Å². The number of halogens is 1. The number of hydrogen-bond donors (Lipinski definition) is 1. The first-order valence-corrected chi connectivity index (χ1v) is 6.11. The normalized spacial score (nSPS) is 22.3. The van der Waals surface area contributed by atoms with E-state index in [-0.39, 0.29) is 0 Å². The standard InChI is InChI=1S/C14H20FN/c1-10-3-4-13(11(2)15)8-14(10)7-12-5-6-16-9-12/h3-4,8,11-12,16H,5-7,9H2,1-2H3. The molecule has 1 aromatic carbocycles. The van der Waals surface area contributed by atoms with E-state index in [1.165, 1.54) is 17.5 Å². The Morgan fingerprint density at radius 1 is 1.50 bits per heavy atom. The number of benzene rings is 1. The van der Waals surface area contributed by atoms with Gasteiger partial charge in [0.05, 0.1) is 0 Å². The molecule has 0 spiro atoms. The van der Waals surface area contributed by atoms with E-state index in [1.807, 2.05) is 18.2 Å². The first-order valence-electron chi connectivity index (χ1n) is 6.11. The summed E-state index contributed by atoms with van der Waals surface area (Å²) in [5.41, 5.74) is 3.42. The van der Waals surface area contributed by atoms with Gasteiger partial charge in [-0.3, -0.25) is 0 Å². The van der Waals surface area contributed by atoms with E-state index in [0.717, 1.165) is 31.0 Å². The summed E-state index contributed by atoms with van der Waals surface area (Å²) in [5, 5.41) is 3.38. The highest BCUT2D eigenvalue weighted by atomic mass is 19.1. The Morgan fingerprint density at radius 2 is 2.31 bits per heavy atom. The van der Waals surface area contributed by atoms with Crippen LogP contribution in [0.2, 0.25) is 0 Å². The molecule has 1 aliphatic heterocycles. The minimum absolute atomic E-state index is 0.726. The molecule has 2 unspecified atom stereocenters. The van der Waals surface area contributed by atoms with Crippen LogP contribution in [0.15, 0.2) is 18.2 Å². The van der Waals surface area contributed by atoms with Crippen molar-refractivity contribution in [1.29, 1.82) is 0 Å². The average Bonchev–Trinajstić information content (AvgIpc) is 2.73. The fraction of sp³-hybridized carbons (Fsp3) is 0.571. The van der Waals surface area contributed by atoms with Gasteiger partial charge in [-0.1, -0.05) is 18.2 Å². The van der Waals surface area contributed by atoms with E-state index in [0.29, 0.717) is 0 Å².